The average molecular weight is 280 g/mol. The van der Waals surface area contributed by atoms with Gasteiger partial charge in [-0.1, -0.05) is 12.1 Å². The smallest absolute Gasteiger partial charge is 0.0773 e. The first-order valence-corrected chi connectivity index (χ1v) is 4.83. The van der Waals surface area contributed by atoms with Crippen molar-refractivity contribution in [1.29, 1.82) is 0 Å². The molecule has 1 unspecified atom stereocenters. The number of aliphatic hydroxyl groups is 1. The molecule has 0 heterocycles. The summed E-state index contributed by atoms with van der Waals surface area (Å²) < 4.78 is 1.89. The lowest BCUT2D eigenvalue weighted by Crippen LogP contribution is -1.92. The van der Waals surface area contributed by atoms with E-state index in [0.717, 1.165) is 14.5 Å². The Morgan fingerprint density at radius 2 is 2.00 bits per heavy atom. The molecular formula is C8H8Br2O. The maximum absolute atomic E-state index is 9.28. The second kappa shape index (κ2) is 3.70. The van der Waals surface area contributed by atoms with Gasteiger partial charge in [0.15, 0.2) is 0 Å². The molecule has 1 atom stereocenters. The summed E-state index contributed by atoms with van der Waals surface area (Å²) in [6.45, 7) is 1.74. The van der Waals surface area contributed by atoms with Crippen molar-refractivity contribution in [3.05, 3.63) is 32.7 Å². The van der Waals surface area contributed by atoms with Crippen LogP contribution >= 0.6 is 31.9 Å². The lowest BCUT2D eigenvalue weighted by Gasteiger charge is -2.07. The van der Waals surface area contributed by atoms with Crippen molar-refractivity contribution < 1.29 is 5.11 Å². The minimum absolute atomic E-state index is 0.429. The summed E-state index contributed by atoms with van der Waals surface area (Å²) in [5.74, 6) is 0. The van der Waals surface area contributed by atoms with Gasteiger partial charge in [-0.25, -0.2) is 0 Å². The maximum Gasteiger partial charge on any atom is 0.0773 e. The molecular weight excluding hydrogens is 272 g/mol. The largest absolute Gasteiger partial charge is 0.389 e. The summed E-state index contributed by atoms with van der Waals surface area (Å²) in [5, 5.41) is 9.28. The molecule has 0 saturated heterocycles. The van der Waals surface area contributed by atoms with E-state index in [4.69, 9.17) is 0 Å². The van der Waals surface area contributed by atoms with Crippen molar-refractivity contribution in [3.63, 3.8) is 0 Å². The molecule has 11 heavy (non-hydrogen) atoms. The Bertz CT molecular complexity index is 258. The minimum Gasteiger partial charge on any atom is -0.389 e. The molecule has 0 amide bonds. The van der Waals surface area contributed by atoms with E-state index in [-0.39, 0.29) is 0 Å². The second-order valence-corrected chi connectivity index (χ2v) is 3.97. The molecule has 60 valence electrons. The fraction of sp³-hybridized carbons (Fsp3) is 0.250. The Hall–Kier alpha value is 0.140. The molecule has 0 fully saturated rings. The number of hydrogen-bond acceptors (Lipinski definition) is 1. The zero-order valence-electron chi connectivity index (χ0n) is 6.01. The number of hydrogen-bond donors (Lipinski definition) is 1. The average Bonchev–Trinajstić information content (AvgIpc) is 1.94. The lowest BCUT2D eigenvalue weighted by atomic mass is 10.1. The number of rotatable bonds is 1. The zero-order valence-corrected chi connectivity index (χ0v) is 9.18. The molecule has 1 aromatic rings. The SMILES string of the molecule is CC(O)c1cccc(Br)c1Br. The van der Waals surface area contributed by atoms with Gasteiger partial charge in [0.2, 0.25) is 0 Å². The van der Waals surface area contributed by atoms with Gasteiger partial charge >= 0.3 is 0 Å². The highest BCUT2D eigenvalue weighted by Gasteiger charge is 2.06. The summed E-state index contributed by atoms with van der Waals surface area (Å²) in [5.41, 5.74) is 0.902. The number of benzene rings is 1. The van der Waals surface area contributed by atoms with Crippen LogP contribution in [0.15, 0.2) is 27.1 Å². The Labute approximate surface area is 82.7 Å². The lowest BCUT2D eigenvalue weighted by molar-refractivity contribution is 0.198. The van der Waals surface area contributed by atoms with Crippen LogP contribution in [0.1, 0.15) is 18.6 Å². The van der Waals surface area contributed by atoms with Crippen molar-refractivity contribution >= 4 is 31.9 Å². The molecule has 1 rings (SSSR count). The van der Waals surface area contributed by atoms with Crippen molar-refractivity contribution in [2.24, 2.45) is 0 Å². The Morgan fingerprint density at radius 3 is 2.45 bits per heavy atom. The summed E-state index contributed by atoms with van der Waals surface area (Å²) in [7, 11) is 0. The van der Waals surface area contributed by atoms with E-state index in [1.165, 1.54) is 0 Å². The highest BCUT2D eigenvalue weighted by molar-refractivity contribution is 9.13. The van der Waals surface area contributed by atoms with Gasteiger partial charge in [-0.05, 0) is 50.4 Å². The predicted molar refractivity (Wildman–Crippen MR) is 52.5 cm³/mol. The van der Waals surface area contributed by atoms with Gasteiger partial charge in [-0.15, -0.1) is 0 Å². The number of halogens is 2. The normalized spacial score (nSPS) is 13.1. The zero-order chi connectivity index (χ0) is 8.43. The molecule has 3 heteroatoms. The van der Waals surface area contributed by atoms with Crippen LogP contribution in [-0.2, 0) is 0 Å². The van der Waals surface area contributed by atoms with Gasteiger partial charge in [0.1, 0.15) is 0 Å². The van der Waals surface area contributed by atoms with E-state index >= 15 is 0 Å². The predicted octanol–water partition coefficient (Wildman–Crippen LogP) is 3.26. The van der Waals surface area contributed by atoms with E-state index < -0.39 is 6.10 Å². The molecule has 0 aliphatic rings. The third-order valence-corrected chi connectivity index (χ3v) is 3.51. The van der Waals surface area contributed by atoms with Gasteiger partial charge in [-0.3, -0.25) is 0 Å². The molecule has 0 saturated carbocycles. The van der Waals surface area contributed by atoms with Gasteiger partial charge in [-0.2, -0.15) is 0 Å². The van der Waals surface area contributed by atoms with Crippen LogP contribution in [0.5, 0.6) is 0 Å². The molecule has 0 bridgehead atoms. The van der Waals surface area contributed by atoms with Crippen molar-refractivity contribution in [2.75, 3.05) is 0 Å². The Kier molecular flexibility index (Phi) is 3.10. The standard InChI is InChI=1S/C8H8Br2O/c1-5(11)6-3-2-4-7(9)8(6)10/h2-5,11H,1H3. The molecule has 1 aromatic carbocycles. The molecule has 0 aliphatic heterocycles. The fourth-order valence-electron chi connectivity index (χ4n) is 0.843. The third kappa shape index (κ3) is 2.04. The van der Waals surface area contributed by atoms with Crippen LogP contribution < -0.4 is 0 Å². The monoisotopic (exact) mass is 278 g/mol. The first kappa shape index (κ1) is 9.23. The minimum atomic E-state index is -0.429. The highest BCUT2D eigenvalue weighted by atomic mass is 79.9. The molecule has 0 aromatic heterocycles. The topological polar surface area (TPSA) is 20.2 Å². The number of aliphatic hydroxyl groups excluding tert-OH is 1. The molecule has 1 nitrogen and oxygen atoms in total. The van der Waals surface area contributed by atoms with Crippen LogP contribution in [-0.4, -0.2) is 5.11 Å². The quantitative estimate of drug-likeness (QED) is 0.837. The molecule has 0 spiro atoms. The first-order valence-electron chi connectivity index (χ1n) is 3.25. The maximum atomic E-state index is 9.28. The molecule has 0 aliphatic carbocycles. The van der Waals surface area contributed by atoms with Crippen LogP contribution in [0.25, 0.3) is 0 Å². The molecule has 0 radical (unpaired) electrons. The van der Waals surface area contributed by atoms with E-state index in [1.807, 2.05) is 18.2 Å². The van der Waals surface area contributed by atoms with E-state index in [0.29, 0.717) is 0 Å². The van der Waals surface area contributed by atoms with Crippen molar-refractivity contribution in [3.8, 4) is 0 Å². The van der Waals surface area contributed by atoms with E-state index in [1.54, 1.807) is 6.92 Å². The summed E-state index contributed by atoms with van der Waals surface area (Å²) in [6, 6.07) is 5.71. The summed E-state index contributed by atoms with van der Waals surface area (Å²) >= 11 is 6.73. The second-order valence-electron chi connectivity index (χ2n) is 2.32. The third-order valence-electron chi connectivity index (χ3n) is 1.43. The van der Waals surface area contributed by atoms with Gasteiger partial charge in [0.05, 0.1) is 6.10 Å². The van der Waals surface area contributed by atoms with Crippen LogP contribution in [0, 0.1) is 0 Å². The van der Waals surface area contributed by atoms with Gasteiger partial charge in [0.25, 0.3) is 0 Å². The molecule has 1 N–H and O–H groups in total. The van der Waals surface area contributed by atoms with Crippen molar-refractivity contribution in [2.45, 2.75) is 13.0 Å². The fourth-order valence-corrected chi connectivity index (χ4v) is 1.82. The first-order chi connectivity index (χ1) is 5.13. The summed E-state index contributed by atoms with van der Waals surface area (Å²) in [4.78, 5) is 0. The van der Waals surface area contributed by atoms with E-state index in [2.05, 4.69) is 31.9 Å². The van der Waals surface area contributed by atoms with Crippen LogP contribution in [0.4, 0.5) is 0 Å². The van der Waals surface area contributed by atoms with Crippen molar-refractivity contribution in [1.82, 2.24) is 0 Å². The van der Waals surface area contributed by atoms with E-state index in [9.17, 15) is 5.11 Å². The Morgan fingerprint density at radius 1 is 1.36 bits per heavy atom. The highest BCUT2D eigenvalue weighted by Crippen LogP contribution is 2.30. The summed E-state index contributed by atoms with van der Waals surface area (Å²) in [6.07, 6.45) is -0.429. The van der Waals surface area contributed by atoms with Gasteiger partial charge < -0.3 is 5.11 Å². The Balaban J connectivity index is 3.17. The van der Waals surface area contributed by atoms with Gasteiger partial charge in [0, 0.05) is 8.95 Å². The van der Waals surface area contributed by atoms with Crippen LogP contribution in [0.2, 0.25) is 0 Å². The van der Waals surface area contributed by atoms with Crippen LogP contribution in [0.3, 0.4) is 0 Å².